The Morgan fingerprint density at radius 2 is 1.71 bits per heavy atom. The lowest BCUT2D eigenvalue weighted by Crippen LogP contribution is -2.56. The van der Waals surface area contributed by atoms with Crippen LogP contribution in [-0.4, -0.2) is 22.5 Å². The van der Waals surface area contributed by atoms with Gasteiger partial charge < -0.3 is 10.4 Å². The van der Waals surface area contributed by atoms with Crippen molar-refractivity contribution in [3.63, 3.8) is 0 Å². The number of amides is 1. The smallest absolute Gasteiger partial charge is 0.329 e. The first-order valence-electron chi connectivity index (χ1n) is 8.88. The van der Waals surface area contributed by atoms with Gasteiger partial charge in [0.1, 0.15) is 5.54 Å². The van der Waals surface area contributed by atoms with Gasteiger partial charge in [-0.05, 0) is 69.1 Å². The SMILES string of the molecule is CCC1CCC(NC(=O)Cc2c(C)cc(C)cc2C)(C(=O)O)CC1. The van der Waals surface area contributed by atoms with E-state index in [1.54, 1.807) is 0 Å². The van der Waals surface area contributed by atoms with Crippen LogP contribution in [0.25, 0.3) is 0 Å². The first-order chi connectivity index (χ1) is 11.3. The summed E-state index contributed by atoms with van der Waals surface area (Å²) in [6.45, 7) is 8.18. The lowest BCUT2D eigenvalue weighted by molar-refractivity contribution is -0.149. The zero-order valence-electron chi connectivity index (χ0n) is 15.2. The van der Waals surface area contributed by atoms with E-state index in [0.29, 0.717) is 18.8 Å². The molecule has 0 atom stereocenters. The topological polar surface area (TPSA) is 66.4 Å². The van der Waals surface area contributed by atoms with Gasteiger partial charge in [-0.3, -0.25) is 4.79 Å². The fourth-order valence-electron chi connectivity index (χ4n) is 3.93. The number of hydrogen-bond acceptors (Lipinski definition) is 2. The van der Waals surface area contributed by atoms with Crippen LogP contribution in [0.15, 0.2) is 12.1 Å². The van der Waals surface area contributed by atoms with Crippen molar-refractivity contribution in [1.29, 1.82) is 0 Å². The second-order valence-electron chi connectivity index (χ2n) is 7.34. The highest BCUT2D eigenvalue weighted by atomic mass is 16.4. The van der Waals surface area contributed by atoms with Crippen LogP contribution >= 0.6 is 0 Å². The Balaban J connectivity index is 2.11. The molecule has 0 aromatic heterocycles. The first kappa shape index (κ1) is 18.5. The van der Waals surface area contributed by atoms with E-state index >= 15 is 0 Å². The molecule has 0 spiro atoms. The van der Waals surface area contributed by atoms with Crippen LogP contribution < -0.4 is 5.32 Å². The molecule has 4 nitrogen and oxygen atoms in total. The van der Waals surface area contributed by atoms with Crippen LogP contribution in [0, 0.1) is 26.7 Å². The highest BCUT2D eigenvalue weighted by molar-refractivity contribution is 5.88. The summed E-state index contributed by atoms with van der Waals surface area (Å²) in [5.41, 5.74) is 3.26. The Hall–Kier alpha value is -1.84. The van der Waals surface area contributed by atoms with Gasteiger partial charge in [-0.15, -0.1) is 0 Å². The zero-order chi connectivity index (χ0) is 17.9. The number of hydrogen-bond donors (Lipinski definition) is 2. The number of carbonyl (C=O) groups is 2. The van der Waals surface area contributed by atoms with Crippen molar-refractivity contribution < 1.29 is 14.7 Å². The Kier molecular flexibility index (Phi) is 5.68. The summed E-state index contributed by atoms with van der Waals surface area (Å²) in [7, 11) is 0. The van der Waals surface area contributed by atoms with Gasteiger partial charge in [0.25, 0.3) is 0 Å². The Bertz CT molecular complexity index is 605. The number of rotatable bonds is 5. The molecule has 2 rings (SSSR count). The Labute approximate surface area is 144 Å². The number of carbonyl (C=O) groups excluding carboxylic acids is 1. The molecular formula is C20H29NO3. The van der Waals surface area contributed by atoms with Gasteiger partial charge in [-0.2, -0.15) is 0 Å². The lowest BCUT2D eigenvalue weighted by Gasteiger charge is -2.37. The van der Waals surface area contributed by atoms with E-state index in [4.69, 9.17) is 0 Å². The summed E-state index contributed by atoms with van der Waals surface area (Å²) in [6, 6.07) is 4.13. The molecule has 1 aliphatic rings. The molecule has 1 amide bonds. The van der Waals surface area contributed by atoms with Crippen LogP contribution in [0.2, 0.25) is 0 Å². The fourth-order valence-corrected chi connectivity index (χ4v) is 3.93. The van der Waals surface area contributed by atoms with Gasteiger partial charge >= 0.3 is 5.97 Å². The summed E-state index contributed by atoms with van der Waals surface area (Å²) in [4.78, 5) is 24.4. The molecule has 0 saturated heterocycles. The molecular weight excluding hydrogens is 302 g/mol. The predicted molar refractivity (Wildman–Crippen MR) is 95.1 cm³/mol. The van der Waals surface area contributed by atoms with Gasteiger partial charge in [-0.1, -0.05) is 31.0 Å². The average molecular weight is 331 g/mol. The quantitative estimate of drug-likeness (QED) is 0.864. The molecule has 1 saturated carbocycles. The number of nitrogens with one attached hydrogen (secondary N) is 1. The minimum Gasteiger partial charge on any atom is -0.480 e. The van der Waals surface area contributed by atoms with Crippen molar-refractivity contribution in [2.45, 2.75) is 71.8 Å². The molecule has 4 heteroatoms. The van der Waals surface area contributed by atoms with Gasteiger partial charge in [0, 0.05) is 0 Å². The van der Waals surface area contributed by atoms with Gasteiger partial charge in [0.05, 0.1) is 6.42 Å². The maximum Gasteiger partial charge on any atom is 0.329 e. The van der Waals surface area contributed by atoms with Gasteiger partial charge in [-0.25, -0.2) is 4.79 Å². The van der Waals surface area contributed by atoms with Gasteiger partial charge in [0.15, 0.2) is 0 Å². The van der Waals surface area contributed by atoms with Crippen LogP contribution in [-0.2, 0) is 16.0 Å². The minimum absolute atomic E-state index is 0.192. The molecule has 1 aliphatic carbocycles. The fraction of sp³-hybridized carbons (Fsp3) is 0.600. The molecule has 0 aliphatic heterocycles. The van der Waals surface area contributed by atoms with Crippen LogP contribution in [0.5, 0.6) is 0 Å². The molecule has 0 unspecified atom stereocenters. The molecule has 132 valence electrons. The highest BCUT2D eigenvalue weighted by Gasteiger charge is 2.42. The zero-order valence-corrected chi connectivity index (χ0v) is 15.2. The Morgan fingerprint density at radius 1 is 1.17 bits per heavy atom. The lowest BCUT2D eigenvalue weighted by atomic mass is 9.75. The molecule has 1 aromatic rings. The molecule has 0 radical (unpaired) electrons. The number of aliphatic carboxylic acids is 1. The standard InChI is InChI=1S/C20H29NO3/c1-5-16-6-8-20(9-7-16,19(23)24)21-18(22)12-17-14(3)10-13(2)11-15(17)4/h10-11,16H,5-9,12H2,1-4H3,(H,21,22)(H,23,24). The molecule has 1 fully saturated rings. The molecule has 24 heavy (non-hydrogen) atoms. The average Bonchev–Trinajstić information content (AvgIpc) is 2.51. The van der Waals surface area contributed by atoms with E-state index in [-0.39, 0.29) is 12.3 Å². The largest absolute Gasteiger partial charge is 0.480 e. The van der Waals surface area contributed by atoms with Crippen molar-refractivity contribution in [3.05, 3.63) is 34.4 Å². The number of benzene rings is 1. The second-order valence-corrected chi connectivity index (χ2v) is 7.34. The van der Waals surface area contributed by atoms with E-state index in [1.165, 1.54) is 5.56 Å². The van der Waals surface area contributed by atoms with Crippen LogP contribution in [0.1, 0.15) is 61.3 Å². The summed E-state index contributed by atoms with van der Waals surface area (Å²) in [6.07, 6.45) is 4.10. The third-order valence-electron chi connectivity index (χ3n) is 5.50. The normalized spacial score (nSPS) is 23.8. The number of carboxylic acids is 1. The maximum atomic E-state index is 12.6. The van der Waals surface area contributed by atoms with Gasteiger partial charge in [0.2, 0.25) is 5.91 Å². The van der Waals surface area contributed by atoms with Crippen molar-refractivity contribution in [2.75, 3.05) is 0 Å². The minimum atomic E-state index is -1.09. The van der Waals surface area contributed by atoms with Crippen LogP contribution in [0.3, 0.4) is 0 Å². The second kappa shape index (κ2) is 7.37. The molecule has 2 N–H and O–H groups in total. The molecule has 0 bridgehead atoms. The third-order valence-corrected chi connectivity index (χ3v) is 5.50. The van der Waals surface area contributed by atoms with Crippen LogP contribution in [0.4, 0.5) is 0 Å². The Morgan fingerprint density at radius 3 is 2.17 bits per heavy atom. The van der Waals surface area contributed by atoms with E-state index in [2.05, 4.69) is 24.4 Å². The summed E-state index contributed by atoms with van der Waals surface area (Å²) in [5.74, 6) is -0.513. The van der Waals surface area contributed by atoms with Crippen molar-refractivity contribution in [1.82, 2.24) is 5.32 Å². The third kappa shape index (κ3) is 3.97. The summed E-state index contributed by atoms with van der Waals surface area (Å²) >= 11 is 0. The summed E-state index contributed by atoms with van der Waals surface area (Å²) in [5, 5.41) is 12.5. The van der Waals surface area contributed by atoms with E-state index < -0.39 is 11.5 Å². The van der Waals surface area contributed by atoms with Crippen molar-refractivity contribution in [3.8, 4) is 0 Å². The van der Waals surface area contributed by atoms with Crippen molar-refractivity contribution >= 4 is 11.9 Å². The first-order valence-corrected chi connectivity index (χ1v) is 8.88. The van der Waals surface area contributed by atoms with E-state index in [0.717, 1.165) is 36.0 Å². The predicted octanol–water partition coefficient (Wildman–Crippen LogP) is 3.69. The molecule has 1 aromatic carbocycles. The van der Waals surface area contributed by atoms with Crippen molar-refractivity contribution in [2.24, 2.45) is 5.92 Å². The molecule has 0 heterocycles. The monoisotopic (exact) mass is 331 g/mol. The summed E-state index contributed by atoms with van der Waals surface area (Å²) < 4.78 is 0. The number of carboxylic acid groups (broad SMARTS) is 1. The number of aryl methyl sites for hydroxylation is 3. The highest BCUT2D eigenvalue weighted by Crippen LogP contribution is 2.34. The van der Waals surface area contributed by atoms with E-state index in [1.807, 2.05) is 20.8 Å². The van der Waals surface area contributed by atoms with E-state index in [9.17, 15) is 14.7 Å². The maximum absolute atomic E-state index is 12.6.